The van der Waals surface area contributed by atoms with E-state index in [1.165, 1.54) is 4.90 Å². The van der Waals surface area contributed by atoms with E-state index in [0.29, 0.717) is 13.1 Å². The lowest BCUT2D eigenvalue weighted by Crippen LogP contribution is -2.55. The van der Waals surface area contributed by atoms with Crippen molar-refractivity contribution in [1.82, 2.24) is 10.2 Å². The molecular weight excluding hydrogens is 289 g/mol. The zero-order valence-electron chi connectivity index (χ0n) is 10.9. The van der Waals surface area contributed by atoms with E-state index in [4.69, 9.17) is 5.11 Å². The van der Waals surface area contributed by atoms with Gasteiger partial charge in [0.2, 0.25) is 5.91 Å². The van der Waals surface area contributed by atoms with Crippen LogP contribution in [0.5, 0.6) is 0 Å². The molecule has 1 aromatic carbocycles. The number of hydrogen-bond donors (Lipinski definition) is 2. The first-order chi connectivity index (χ1) is 9.88. The average Bonchev–Trinajstić information content (AvgIpc) is 2.39. The smallest absolute Gasteiger partial charge is 0.305 e. The van der Waals surface area contributed by atoms with Gasteiger partial charge in [-0.25, -0.2) is 13.2 Å². The van der Waals surface area contributed by atoms with Crippen LogP contribution in [0.3, 0.4) is 0 Å². The second-order valence-electron chi connectivity index (χ2n) is 4.75. The molecule has 8 heteroatoms. The maximum Gasteiger partial charge on any atom is 0.305 e. The number of benzene rings is 1. The molecule has 114 valence electrons. The Labute approximate surface area is 118 Å². The summed E-state index contributed by atoms with van der Waals surface area (Å²) in [6, 6.07) is 0.748. The number of aliphatic carboxylic acids is 1. The standard InChI is InChI=1S/C13H13F3N2O3/c14-8-3-7(4-9(15)12(8)16)6-18-2-1-17-13(21)10(18)5-11(19)20/h3-4,10H,1-2,5-6H2,(H,17,21)(H,19,20). The Morgan fingerprint density at radius 1 is 1.33 bits per heavy atom. The highest BCUT2D eigenvalue weighted by Crippen LogP contribution is 2.18. The number of nitrogens with one attached hydrogen (secondary N) is 1. The molecule has 0 aliphatic carbocycles. The summed E-state index contributed by atoms with van der Waals surface area (Å²) in [6.07, 6.45) is -0.419. The van der Waals surface area contributed by atoms with Crippen molar-refractivity contribution in [2.24, 2.45) is 0 Å². The van der Waals surface area contributed by atoms with E-state index in [2.05, 4.69) is 5.32 Å². The number of piperazine rings is 1. The molecule has 21 heavy (non-hydrogen) atoms. The molecule has 1 unspecified atom stereocenters. The molecule has 1 aliphatic rings. The first-order valence-electron chi connectivity index (χ1n) is 6.25. The molecule has 0 spiro atoms. The number of carbonyl (C=O) groups is 2. The molecule has 5 nitrogen and oxygen atoms in total. The third kappa shape index (κ3) is 3.52. The lowest BCUT2D eigenvalue weighted by molar-refractivity contribution is -0.143. The summed E-state index contributed by atoms with van der Waals surface area (Å²) in [5, 5.41) is 11.3. The first kappa shape index (κ1) is 15.3. The topological polar surface area (TPSA) is 69.6 Å². The Hall–Kier alpha value is -2.09. The van der Waals surface area contributed by atoms with Gasteiger partial charge in [-0.1, -0.05) is 0 Å². The molecule has 1 aromatic rings. The molecule has 0 saturated carbocycles. The van der Waals surface area contributed by atoms with Gasteiger partial charge in [0.15, 0.2) is 17.5 Å². The van der Waals surface area contributed by atoms with E-state index < -0.39 is 41.8 Å². The van der Waals surface area contributed by atoms with Crippen molar-refractivity contribution in [2.75, 3.05) is 13.1 Å². The van der Waals surface area contributed by atoms with Gasteiger partial charge in [-0.15, -0.1) is 0 Å². The van der Waals surface area contributed by atoms with E-state index in [1.54, 1.807) is 0 Å². The van der Waals surface area contributed by atoms with Crippen LogP contribution < -0.4 is 5.32 Å². The number of nitrogens with zero attached hydrogens (tertiary/aromatic N) is 1. The molecule has 2 N–H and O–H groups in total. The highest BCUT2D eigenvalue weighted by atomic mass is 19.2. The van der Waals surface area contributed by atoms with E-state index in [0.717, 1.165) is 12.1 Å². The van der Waals surface area contributed by atoms with Crippen molar-refractivity contribution in [3.63, 3.8) is 0 Å². The molecule has 1 atom stereocenters. The maximum atomic E-state index is 13.2. The summed E-state index contributed by atoms with van der Waals surface area (Å²) in [6.45, 7) is 0.602. The fraction of sp³-hybridized carbons (Fsp3) is 0.385. The molecule has 2 rings (SSSR count). The Morgan fingerprint density at radius 2 is 1.95 bits per heavy atom. The molecule has 0 aromatic heterocycles. The lowest BCUT2D eigenvalue weighted by Gasteiger charge is -2.34. The van der Waals surface area contributed by atoms with Crippen LogP contribution in [-0.2, 0) is 16.1 Å². The van der Waals surface area contributed by atoms with E-state index >= 15 is 0 Å². The predicted octanol–water partition coefficient (Wildman–Crippen LogP) is 0.879. The van der Waals surface area contributed by atoms with Crippen LogP contribution in [0.4, 0.5) is 13.2 Å². The van der Waals surface area contributed by atoms with Crippen molar-refractivity contribution in [1.29, 1.82) is 0 Å². The van der Waals surface area contributed by atoms with Crippen molar-refractivity contribution in [3.8, 4) is 0 Å². The summed E-state index contributed by atoms with van der Waals surface area (Å²) in [4.78, 5) is 24.0. The molecule has 1 heterocycles. The predicted molar refractivity (Wildman–Crippen MR) is 65.8 cm³/mol. The average molecular weight is 302 g/mol. The van der Waals surface area contributed by atoms with E-state index in [9.17, 15) is 22.8 Å². The van der Waals surface area contributed by atoms with Crippen LogP contribution in [0, 0.1) is 17.5 Å². The Balaban J connectivity index is 2.19. The highest BCUT2D eigenvalue weighted by molar-refractivity contribution is 5.86. The minimum atomic E-state index is -1.56. The van der Waals surface area contributed by atoms with Gasteiger partial charge in [-0.3, -0.25) is 14.5 Å². The van der Waals surface area contributed by atoms with Crippen molar-refractivity contribution in [3.05, 3.63) is 35.1 Å². The minimum Gasteiger partial charge on any atom is -0.481 e. The number of amides is 1. The van der Waals surface area contributed by atoms with Gasteiger partial charge in [-0.2, -0.15) is 0 Å². The van der Waals surface area contributed by atoms with Crippen LogP contribution >= 0.6 is 0 Å². The monoisotopic (exact) mass is 302 g/mol. The van der Waals surface area contributed by atoms with Crippen LogP contribution in [0.25, 0.3) is 0 Å². The second-order valence-corrected chi connectivity index (χ2v) is 4.75. The Kier molecular flexibility index (Phi) is 4.46. The van der Waals surface area contributed by atoms with Gasteiger partial charge in [0.25, 0.3) is 0 Å². The molecule has 1 saturated heterocycles. The number of carboxylic acid groups (broad SMARTS) is 1. The van der Waals surface area contributed by atoms with Crippen molar-refractivity contribution < 1.29 is 27.9 Å². The van der Waals surface area contributed by atoms with Gasteiger partial charge in [0, 0.05) is 19.6 Å². The van der Waals surface area contributed by atoms with Gasteiger partial charge in [0.05, 0.1) is 6.42 Å². The van der Waals surface area contributed by atoms with Gasteiger partial charge < -0.3 is 10.4 Å². The number of carboxylic acids is 1. The van der Waals surface area contributed by atoms with Crippen molar-refractivity contribution in [2.45, 2.75) is 19.0 Å². The van der Waals surface area contributed by atoms with E-state index in [-0.39, 0.29) is 12.1 Å². The fourth-order valence-electron chi connectivity index (χ4n) is 2.27. The summed E-state index contributed by atoms with van der Waals surface area (Å²) in [5.41, 5.74) is 0.136. The number of carbonyl (C=O) groups excluding carboxylic acids is 1. The quantitative estimate of drug-likeness (QED) is 0.810. The van der Waals surface area contributed by atoms with Gasteiger partial charge in [0.1, 0.15) is 6.04 Å². The summed E-state index contributed by atoms with van der Waals surface area (Å²) >= 11 is 0. The molecule has 0 radical (unpaired) electrons. The van der Waals surface area contributed by atoms with E-state index in [1.807, 2.05) is 0 Å². The molecule has 1 amide bonds. The number of rotatable bonds is 4. The number of halogens is 3. The zero-order valence-corrected chi connectivity index (χ0v) is 10.9. The van der Waals surface area contributed by atoms with Crippen LogP contribution in [-0.4, -0.2) is 41.0 Å². The Bertz CT molecular complexity index is 557. The van der Waals surface area contributed by atoms with Gasteiger partial charge in [-0.05, 0) is 17.7 Å². The SMILES string of the molecule is O=C(O)CC1C(=O)NCCN1Cc1cc(F)c(F)c(F)c1. The van der Waals surface area contributed by atoms with Gasteiger partial charge >= 0.3 is 5.97 Å². The Morgan fingerprint density at radius 3 is 2.52 bits per heavy atom. The molecule has 0 bridgehead atoms. The maximum absolute atomic E-state index is 13.2. The fourth-order valence-corrected chi connectivity index (χ4v) is 2.27. The summed E-state index contributed by atoms with van der Waals surface area (Å²) in [5.74, 6) is -5.80. The third-order valence-corrected chi connectivity index (χ3v) is 3.24. The van der Waals surface area contributed by atoms with Crippen molar-refractivity contribution >= 4 is 11.9 Å². The molecule has 1 fully saturated rings. The summed E-state index contributed by atoms with van der Waals surface area (Å²) in [7, 11) is 0. The molecular formula is C13H13F3N2O3. The second kappa shape index (κ2) is 6.13. The van der Waals surface area contributed by atoms with Crippen LogP contribution in [0.2, 0.25) is 0 Å². The lowest BCUT2D eigenvalue weighted by atomic mass is 10.1. The largest absolute Gasteiger partial charge is 0.481 e. The highest BCUT2D eigenvalue weighted by Gasteiger charge is 2.31. The summed E-state index contributed by atoms with van der Waals surface area (Å²) < 4.78 is 39.2. The zero-order chi connectivity index (χ0) is 15.6. The molecule has 1 aliphatic heterocycles. The normalized spacial score (nSPS) is 19.4. The van der Waals surface area contributed by atoms with Crippen LogP contribution in [0.1, 0.15) is 12.0 Å². The third-order valence-electron chi connectivity index (χ3n) is 3.24. The number of hydrogen-bond acceptors (Lipinski definition) is 3. The minimum absolute atomic E-state index is 0.0422. The first-order valence-corrected chi connectivity index (χ1v) is 6.25. The van der Waals surface area contributed by atoms with Crippen LogP contribution in [0.15, 0.2) is 12.1 Å².